The summed E-state index contributed by atoms with van der Waals surface area (Å²) in [4.78, 5) is 4.99. The smallest absolute Gasteiger partial charge is 0.399 e. The second kappa shape index (κ2) is 5.82. The van der Waals surface area contributed by atoms with Crippen molar-refractivity contribution in [2.75, 3.05) is 13.2 Å². The van der Waals surface area contributed by atoms with Crippen LogP contribution in [0, 0.1) is 0 Å². The molecule has 3 fully saturated rings. The van der Waals surface area contributed by atoms with Crippen LogP contribution in [0.5, 0.6) is 0 Å². The van der Waals surface area contributed by atoms with Gasteiger partial charge in [0.2, 0.25) is 0 Å². The monoisotopic (exact) mass is 329 g/mol. The van der Waals surface area contributed by atoms with Gasteiger partial charge in [0.25, 0.3) is 0 Å². The molecule has 24 heavy (non-hydrogen) atoms. The van der Waals surface area contributed by atoms with E-state index in [9.17, 15) is 0 Å². The van der Waals surface area contributed by atoms with E-state index < -0.39 is 0 Å². The van der Waals surface area contributed by atoms with Crippen molar-refractivity contribution in [2.24, 2.45) is 0 Å². The van der Waals surface area contributed by atoms with Crippen molar-refractivity contribution in [3.63, 3.8) is 0 Å². The molecule has 0 radical (unpaired) electrons. The Morgan fingerprint density at radius 2 is 1.58 bits per heavy atom. The van der Waals surface area contributed by atoms with Crippen molar-refractivity contribution in [1.29, 1.82) is 0 Å². The summed E-state index contributed by atoms with van der Waals surface area (Å²) in [6.45, 7) is 10.0. The second-order valence-electron chi connectivity index (χ2n) is 8.53. The van der Waals surface area contributed by atoms with Gasteiger partial charge in [0.05, 0.1) is 17.8 Å². The highest BCUT2D eigenvalue weighted by Gasteiger charge is 2.52. The minimum atomic E-state index is -0.311. The van der Waals surface area contributed by atoms with Gasteiger partial charge in [-0.3, -0.25) is 4.98 Å². The molecule has 2 aliphatic heterocycles. The van der Waals surface area contributed by atoms with Crippen molar-refractivity contribution in [3.05, 3.63) is 23.5 Å². The van der Waals surface area contributed by atoms with E-state index in [1.54, 1.807) is 0 Å². The Kier molecular flexibility index (Phi) is 4.02. The Morgan fingerprint density at radius 3 is 2.08 bits per heavy atom. The lowest BCUT2D eigenvalue weighted by molar-refractivity contribution is 0.00578. The van der Waals surface area contributed by atoms with E-state index in [-0.39, 0.29) is 18.3 Å². The lowest BCUT2D eigenvalue weighted by atomic mass is 9.75. The summed E-state index contributed by atoms with van der Waals surface area (Å²) in [5.74, 6) is 1.01. The van der Waals surface area contributed by atoms with E-state index in [1.807, 2.05) is 0 Å². The van der Waals surface area contributed by atoms with Crippen LogP contribution in [-0.4, -0.2) is 36.5 Å². The number of pyridine rings is 1. The number of hydrogen-bond acceptors (Lipinski definition) is 4. The summed E-state index contributed by atoms with van der Waals surface area (Å²) in [5, 5.41) is 0. The molecule has 1 atom stereocenters. The molecular weight excluding hydrogens is 301 g/mol. The Hall–Kier alpha value is -0.905. The van der Waals surface area contributed by atoms with E-state index in [1.165, 1.54) is 25.0 Å². The fourth-order valence-corrected chi connectivity index (χ4v) is 3.60. The van der Waals surface area contributed by atoms with Gasteiger partial charge in [-0.2, -0.15) is 0 Å². The van der Waals surface area contributed by atoms with Crippen molar-refractivity contribution >= 4 is 12.6 Å². The van der Waals surface area contributed by atoms with Gasteiger partial charge >= 0.3 is 7.12 Å². The van der Waals surface area contributed by atoms with Gasteiger partial charge in [-0.05, 0) is 64.6 Å². The van der Waals surface area contributed by atoms with Crippen LogP contribution < -0.4 is 5.46 Å². The van der Waals surface area contributed by atoms with Gasteiger partial charge in [0.15, 0.2) is 0 Å². The van der Waals surface area contributed by atoms with Gasteiger partial charge in [-0.15, -0.1) is 0 Å². The first kappa shape index (κ1) is 16.6. The topological polar surface area (TPSA) is 40.6 Å². The summed E-state index contributed by atoms with van der Waals surface area (Å²) in [7, 11) is -0.308. The average molecular weight is 329 g/mol. The molecule has 4 nitrogen and oxygen atoms in total. The van der Waals surface area contributed by atoms with E-state index in [4.69, 9.17) is 19.0 Å². The first-order valence-corrected chi connectivity index (χ1v) is 9.31. The molecule has 0 bridgehead atoms. The number of nitrogens with zero attached hydrogens (tertiary/aromatic N) is 1. The van der Waals surface area contributed by atoms with Crippen LogP contribution in [0.1, 0.15) is 76.6 Å². The van der Waals surface area contributed by atoms with E-state index >= 15 is 0 Å². The molecule has 3 aliphatic rings. The molecule has 1 aromatic rings. The highest BCUT2D eigenvalue weighted by Crippen LogP contribution is 2.38. The Morgan fingerprint density at radius 1 is 0.958 bits per heavy atom. The zero-order valence-electron chi connectivity index (χ0n) is 15.3. The summed E-state index contributed by atoms with van der Waals surface area (Å²) >= 11 is 0. The normalized spacial score (nSPS) is 29.0. The van der Waals surface area contributed by atoms with Gasteiger partial charge < -0.3 is 14.0 Å². The van der Waals surface area contributed by atoms with E-state index in [2.05, 4.69) is 39.8 Å². The molecular formula is C19H28BNO3. The van der Waals surface area contributed by atoms with Crippen molar-refractivity contribution in [1.82, 2.24) is 4.98 Å². The van der Waals surface area contributed by atoms with Crippen LogP contribution in [0.25, 0.3) is 0 Å². The molecule has 1 aliphatic carbocycles. The lowest BCUT2D eigenvalue weighted by Crippen LogP contribution is -2.41. The highest BCUT2D eigenvalue weighted by molar-refractivity contribution is 6.62. The molecule has 0 amide bonds. The van der Waals surface area contributed by atoms with Gasteiger partial charge in [-0.1, -0.05) is 6.42 Å². The number of rotatable bonds is 3. The molecule has 1 saturated carbocycles. The van der Waals surface area contributed by atoms with E-state index in [0.29, 0.717) is 11.8 Å². The molecule has 3 heterocycles. The standard InChI is InChI=1S/C19H28BNO3/c1-18(2)19(3,4)24-20(23-18)15-10-16(13-6-5-7-13)21-17(11-15)14-8-9-22-12-14/h10-11,13-14H,5-9,12H2,1-4H3. The third-order valence-electron chi connectivity index (χ3n) is 6.28. The van der Waals surface area contributed by atoms with Gasteiger partial charge in [0.1, 0.15) is 0 Å². The molecule has 1 aromatic heterocycles. The predicted octanol–water partition coefficient (Wildman–Crippen LogP) is 3.15. The third kappa shape index (κ3) is 2.81. The van der Waals surface area contributed by atoms with Crippen LogP contribution in [0.15, 0.2) is 12.1 Å². The maximum Gasteiger partial charge on any atom is 0.494 e. The summed E-state index contributed by atoms with van der Waals surface area (Å²) in [5.41, 5.74) is 2.87. The molecule has 0 aromatic carbocycles. The molecule has 0 N–H and O–H groups in total. The molecule has 130 valence electrons. The molecule has 2 saturated heterocycles. The molecule has 4 rings (SSSR count). The fraction of sp³-hybridized carbons (Fsp3) is 0.737. The number of ether oxygens (including phenoxy) is 1. The van der Waals surface area contributed by atoms with Crippen molar-refractivity contribution < 1.29 is 14.0 Å². The SMILES string of the molecule is CC1(C)OB(c2cc(C3CCC3)nc(C3CCOC3)c2)OC1(C)C. The minimum absolute atomic E-state index is 0.308. The first-order valence-electron chi connectivity index (χ1n) is 9.31. The van der Waals surface area contributed by atoms with Crippen LogP contribution in [0.4, 0.5) is 0 Å². The maximum atomic E-state index is 6.27. The molecule has 5 heteroatoms. The fourth-order valence-electron chi connectivity index (χ4n) is 3.60. The quantitative estimate of drug-likeness (QED) is 0.799. The molecule has 0 spiro atoms. The minimum Gasteiger partial charge on any atom is -0.399 e. The second-order valence-corrected chi connectivity index (χ2v) is 8.53. The summed E-state index contributed by atoms with van der Waals surface area (Å²) in [6, 6.07) is 4.40. The van der Waals surface area contributed by atoms with Crippen molar-refractivity contribution in [3.8, 4) is 0 Å². The molecule has 1 unspecified atom stereocenters. The van der Waals surface area contributed by atoms with Crippen LogP contribution in [-0.2, 0) is 14.0 Å². The maximum absolute atomic E-state index is 6.27. The Bertz CT molecular complexity index is 605. The highest BCUT2D eigenvalue weighted by atomic mass is 16.7. The zero-order valence-corrected chi connectivity index (χ0v) is 15.3. The Labute approximate surface area is 145 Å². The van der Waals surface area contributed by atoms with E-state index in [0.717, 1.165) is 30.8 Å². The summed E-state index contributed by atoms with van der Waals surface area (Å²) in [6.07, 6.45) is 4.87. The third-order valence-corrected chi connectivity index (χ3v) is 6.28. The zero-order chi connectivity index (χ0) is 16.9. The van der Waals surface area contributed by atoms with Crippen LogP contribution in [0.2, 0.25) is 0 Å². The first-order chi connectivity index (χ1) is 11.4. The van der Waals surface area contributed by atoms with Crippen LogP contribution >= 0.6 is 0 Å². The number of hydrogen-bond donors (Lipinski definition) is 0. The van der Waals surface area contributed by atoms with Gasteiger partial charge in [-0.25, -0.2) is 0 Å². The van der Waals surface area contributed by atoms with Gasteiger partial charge in [0, 0.05) is 29.8 Å². The summed E-state index contributed by atoms with van der Waals surface area (Å²) < 4.78 is 18.1. The lowest BCUT2D eigenvalue weighted by Gasteiger charge is -2.32. The van der Waals surface area contributed by atoms with Crippen molar-refractivity contribution in [2.45, 2.75) is 76.4 Å². The predicted molar refractivity (Wildman–Crippen MR) is 94.7 cm³/mol. The average Bonchev–Trinajstić information content (AvgIpc) is 3.04. The number of aromatic nitrogens is 1. The Balaban J connectivity index is 1.68. The largest absolute Gasteiger partial charge is 0.494 e. The van der Waals surface area contributed by atoms with Crippen LogP contribution in [0.3, 0.4) is 0 Å².